The van der Waals surface area contributed by atoms with E-state index < -0.39 is 11.6 Å². The van der Waals surface area contributed by atoms with E-state index in [1.807, 2.05) is 24.3 Å². The Hall–Kier alpha value is -3.22. The number of piperidine rings is 1. The molecule has 0 bridgehead atoms. The number of nitrogens with one attached hydrogen (secondary N) is 1. The number of hydrogen-bond acceptors (Lipinski definition) is 5. The summed E-state index contributed by atoms with van der Waals surface area (Å²) < 4.78 is 5.56. The van der Waals surface area contributed by atoms with E-state index in [9.17, 15) is 14.4 Å². The van der Waals surface area contributed by atoms with Crippen LogP contribution in [0.25, 0.3) is 0 Å². The Morgan fingerprint density at radius 3 is 2.70 bits per heavy atom. The first-order chi connectivity index (χ1) is 14.5. The molecule has 4 rings (SSSR count). The molecule has 30 heavy (non-hydrogen) atoms. The Balaban J connectivity index is 1.33. The van der Waals surface area contributed by atoms with E-state index in [0.29, 0.717) is 44.5 Å². The van der Waals surface area contributed by atoms with Gasteiger partial charge in [-0.1, -0.05) is 24.3 Å². The third kappa shape index (κ3) is 4.06. The number of esters is 1. The molecule has 1 fully saturated rings. The molecule has 1 N–H and O–H groups in total. The van der Waals surface area contributed by atoms with Gasteiger partial charge < -0.3 is 15.0 Å². The van der Waals surface area contributed by atoms with Crippen LogP contribution in [0.5, 0.6) is 0 Å². The number of ether oxygens (including phenoxy) is 1. The Morgan fingerprint density at radius 1 is 1.20 bits per heavy atom. The Labute approximate surface area is 175 Å². The number of fused-ring (bicyclic) bond motifs is 1. The smallest absolute Gasteiger partial charge is 0.339 e. The van der Waals surface area contributed by atoms with Gasteiger partial charge in [-0.25, -0.2) is 4.79 Å². The zero-order chi connectivity index (χ0) is 21.1. The van der Waals surface area contributed by atoms with Crippen molar-refractivity contribution in [2.75, 3.05) is 13.1 Å². The van der Waals surface area contributed by atoms with Gasteiger partial charge in [0, 0.05) is 44.4 Å². The van der Waals surface area contributed by atoms with Gasteiger partial charge in [-0.3, -0.25) is 14.6 Å². The first-order valence-electron chi connectivity index (χ1n) is 10.2. The molecule has 156 valence electrons. The van der Waals surface area contributed by atoms with Gasteiger partial charge in [-0.15, -0.1) is 0 Å². The Morgan fingerprint density at radius 2 is 1.97 bits per heavy atom. The number of rotatable bonds is 4. The average Bonchev–Trinajstić information content (AvgIpc) is 2.77. The molecule has 0 spiro atoms. The maximum absolute atomic E-state index is 13.2. The van der Waals surface area contributed by atoms with Gasteiger partial charge in [0.15, 0.2) is 5.60 Å². The normalized spacial score (nSPS) is 21.5. The minimum atomic E-state index is -1.21. The lowest BCUT2D eigenvalue weighted by Crippen LogP contribution is -2.55. The van der Waals surface area contributed by atoms with E-state index >= 15 is 0 Å². The molecule has 7 nitrogen and oxygen atoms in total. The van der Waals surface area contributed by atoms with Crippen LogP contribution in [0.2, 0.25) is 0 Å². The van der Waals surface area contributed by atoms with Crippen LogP contribution in [0.15, 0.2) is 48.8 Å². The topological polar surface area (TPSA) is 88.6 Å². The lowest BCUT2D eigenvalue weighted by Gasteiger charge is -2.39. The van der Waals surface area contributed by atoms with Crippen molar-refractivity contribution >= 4 is 17.8 Å². The van der Waals surface area contributed by atoms with E-state index in [2.05, 4.69) is 10.3 Å². The summed E-state index contributed by atoms with van der Waals surface area (Å²) in [5.74, 6) is -0.791. The highest BCUT2D eigenvalue weighted by Crippen LogP contribution is 2.31. The van der Waals surface area contributed by atoms with E-state index in [0.717, 1.165) is 11.1 Å². The number of carbonyl (C=O) groups excluding carboxylic acids is 3. The predicted octanol–water partition coefficient (Wildman–Crippen LogP) is 2.11. The summed E-state index contributed by atoms with van der Waals surface area (Å²) in [6.45, 7) is 3.06. The maximum Gasteiger partial charge on any atom is 0.339 e. The molecular formula is C23H25N3O4. The molecule has 3 heterocycles. The fourth-order valence-electron chi connectivity index (χ4n) is 4.17. The fourth-order valence-corrected chi connectivity index (χ4v) is 4.17. The molecule has 1 unspecified atom stereocenters. The van der Waals surface area contributed by atoms with E-state index in [1.165, 1.54) is 0 Å². The van der Waals surface area contributed by atoms with Gasteiger partial charge in [0.2, 0.25) is 5.91 Å². The van der Waals surface area contributed by atoms with E-state index in [-0.39, 0.29) is 17.7 Å². The number of pyridine rings is 1. The molecule has 2 aromatic rings. The predicted molar refractivity (Wildman–Crippen MR) is 109 cm³/mol. The summed E-state index contributed by atoms with van der Waals surface area (Å²) in [5.41, 5.74) is 1.09. The zero-order valence-electron chi connectivity index (χ0n) is 17.0. The molecule has 2 aliphatic rings. The first-order valence-corrected chi connectivity index (χ1v) is 10.2. The molecule has 1 atom stereocenters. The van der Waals surface area contributed by atoms with Crippen LogP contribution in [0.3, 0.4) is 0 Å². The van der Waals surface area contributed by atoms with Crippen LogP contribution >= 0.6 is 0 Å². The molecule has 2 aliphatic heterocycles. The van der Waals surface area contributed by atoms with Crippen molar-refractivity contribution in [1.82, 2.24) is 15.2 Å². The monoisotopic (exact) mass is 407 g/mol. The van der Waals surface area contributed by atoms with E-state index in [1.54, 1.807) is 36.4 Å². The van der Waals surface area contributed by atoms with Crippen LogP contribution in [-0.2, 0) is 27.3 Å². The second kappa shape index (κ2) is 8.26. The molecule has 0 saturated carbocycles. The largest absolute Gasteiger partial charge is 0.445 e. The summed E-state index contributed by atoms with van der Waals surface area (Å²) in [6, 6.07) is 11.0. The number of likely N-dealkylation sites (tertiary alicyclic amines) is 1. The second-order valence-corrected chi connectivity index (χ2v) is 8.10. The SMILES string of the molecule is CC1(C(=O)N2CCC(C(=O)NCc3cccnc3)CC2)Cc2ccccc2C(=O)O1. The molecule has 1 saturated heterocycles. The van der Waals surface area contributed by atoms with Crippen molar-refractivity contribution in [3.05, 3.63) is 65.5 Å². The number of carbonyl (C=O) groups is 3. The summed E-state index contributed by atoms with van der Waals surface area (Å²) in [5, 5.41) is 2.95. The van der Waals surface area contributed by atoms with Crippen LogP contribution in [0.4, 0.5) is 0 Å². The van der Waals surface area contributed by atoms with Crippen molar-refractivity contribution in [1.29, 1.82) is 0 Å². The van der Waals surface area contributed by atoms with Crippen molar-refractivity contribution in [2.24, 2.45) is 5.92 Å². The lowest BCUT2D eigenvalue weighted by atomic mass is 9.87. The molecule has 0 radical (unpaired) electrons. The highest BCUT2D eigenvalue weighted by molar-refractivity contribution is 5.97. The molecular weight excluding hydrogens is 382 g/mol. The Bertz CT molecular complexity index is 954. The Kier molecular flexibility index (Phi) is 5.53. The minimum Gasteiger partial charge on any atom is -0.445 e. The maximum atomic E-state index is 13.2. The van der Waals surface area contributed by atoms with Crippen molar-refractivity contribution < 1.29 is 19.1 Å². The highest BCUT2D eigenvalue weighted by Gasteiger charge is 2.45. The van der Waals surface area contributed by atoms with Crippen LogP contribution < -0.4 is 5.32 Å². The number of aromatic nitrogens is 1. The van der Waals surface area contributed by atoms with Crippen molar-refractivity contribution in [3.8, 4) is 0 Å². The molecule has 2 amide bonds. The summed E-state index contributed by atoms with van der Waals surface area (Å²) in [7, 11) is 0. The minimum absolute atomic E-state index is 0.00446. The van der Waals surface area contributed by atoms with Gasteiger partial charge in [0.25, 0.3) is 5.91 Å². The molecule has 1 aromatic carbocycles. The molecule has 7 heteroatoms. The van der Waals surface area contributed by atoms with Crippen LogP contribution in [-0.4, -0.2) is 46.4 Å². The third-order valence-electron chi connectivity index (χ3n) is 5.88. The standard InChI is InChI=1S/C23H25N3O4/c1-23(13-18-6-2-3-7-19(18)21(28)30-23)22(29)26-11-8-17(9-12-26)20(27)25-15-16-5-4-10-24-14-16/h2-7,10,14,17H,8-9,11-13,15H2,1H3,(H,25,27). The van der Waals surface area contributed by atoms with Gasteiger partial charge in [-0.05, 0) is 43.0 Å². The zero-order valence-corrected chi connectivity index (χ0v) is 17.0. The van der Waals surface area contributed by atoms with E-state index in [4.69, 9.17) is 4.74 Å². The number of nitrogens with zero attached hydrogens (tertiary/aromatic N) is 2. The van der Waals surface area contributed by atoms with Gasteiger partial charge >= 0.3 is 5.97 Å². The molecule has 0 aliphatic carbocycles. The number of cyclic esters (lactones) is 1. The van der Waals surface area contributed by atoms with Crippen LogP contribution in [0, 0.1) is 5.92 Å². The third-order valence-corrected chi connectivity index (χ3v) is 5.88. The van der Waals surface area contributed by atoms with Crippen LogP contribution in [0.1, 0.15) is 41.3 Å². The number of hydrogen-bond donors (Lipinski definition) is 1. The number of benzene rings is 1. The molecule has 1 aromatic heterocycles. The summed E-state index contributed by atoms with van der Waals surface area (Å²) in [4.78, 5) is 43.8. The number of amides is 2. The average molecular weight is 407 g/mol. The van der Waals surface area contributed by atoms with Crippen molar-refractivity contribution in [2.45, 2.75) is 38.3 Å². The van der Waals surface area contributed by atoms with Gasteiger partial charge in [-0.2, -0.15) is 0 Å². The first kappa shape index (κ1) is 20.1. The van der Waals surface area contributed by atoms with Crippen molar-refractivity contribution in [3.63, 3.8) is 0 Å². The summed E-state index contributed by atoms with van der Waals surface area (Å²) in [6.07, 6.45) is 4.96. The summed E-state index contributed by atoms with van der Waals surface area (Å²) >= 11 is 0. The highest BCUT2D eigenvalue weighted by atomic mass is 16.6. The quantitative estimate of drug-likeness (QED) is 0.785. The fraction of sp³-hybridized carbons (Fsp3) is 0.391. The van der Waals surface area contributed by atoms with Gasteiger partial charge in [0.05, 0.1) is 5.56 Å². The lowest BCUT2D eigenvalue weighted by molar-refractivity contribution is -0.153. The van der Waals surface area contributed by atoms with Gasteiger partial charge in [0.1, 0.15) is 0 Å². The second-order valence-electron chi connectivity index (χ2n) is 8.10.